The Morgan fingerprint density at radius 3 is 2.33 bits per heavy atom. The topological polar surface area (TPSA) is 144 Å². The van der Waals surface area contributed by atoms with Gasteiger partial charge in [-0.25, -0.2) is 9.59 Å². The summed E-state index contributed by atoms with van der Waals surface area (Å²) in [5, 5.41) is 1.19. The van der Waals surface area contributed by atoms with Gasteiger partial charge in [0.15, 0.2) is 11.5 Å². The quantitative estimate of drug-likeness (QED) is 0.145. The molecule has 264 valence electrons. The number of piperidine rings is 1. The van der Waals surface area contributed by atoms with Gasteiger partial charge < -0.3 is 42.9 Å². The minimum absolute atomic E-state index is 0. The normalized spacial score (nSPS) is 24.3. The van der Waals surface area contributed by atoms with E-state index in [1.165, 1.54) is 57.2 Å². The molecular weight excluding hydrogens is 832 g/mol. The number of fused-ring (bicyclic) bond motifs is 6. The number of aromatic nitrogens is 1. The molecule has 0 amide bonds. The number of rotatable bonds is 9. The third kappa shape index (κ3) is 6.93. The van der Waals surface area contributed by atoms with Crippen LogP contribution in [-0.4, -0.2) is 123 Å². The van der Waals surface area contributed by atoms with E-state index < -0.39 is 36.2 Å². The van der Waals surface area contributed by atoms with Gasteiger partial charge in [-0.15, -0.1) is 0 Å². The van der Waals surface area contributed by atoms with Gasteiger partial charge in [-0.05, 0) is 67.9 Å². The molecule has 2 radical (unpaired) electrons. The number of hydrogen-bond donors (Lipinski definition) is 1. The van der Waals surface area contributed by atoms with Gasteiger partial charge in [0, 0.05) is 42.9 Å². The van der Waals surface area contributed by atoms with Crippen molar-refractivity contribution in [3.63, 3.8) is 0 Å². The summed E-state index contributed by atoms with van der Waals surface area (Å²) in [5.74, 6) is -0.833. The first-order valence-electron chi connectivity index (χ1n) is 16.1. The van der Waals surface area contributed by atoms with Gasteiger partial charge in [-0.1, -0.05) is 0 Å². The molecule has 14 heteroatoms. The summed E-state index contributed by atoms with van der Waals surface area (Å²) in [6.07, 6.45) is -0.298. The molecule has 0 unspecified atom stereocenters. The molecule has 2 aliphatic heterocycles. The Morgan fingerprint density at radius 1 is 0.959 bits per heavy atom. The Balaban J connectivity index is 0.00000468. The van der Waals surface area contributed by atoms with Crippen molar-refractivity contribution in [3.05, 3.63) is 47.2 Å². The summed E-state index contributed by atoms with van der Waals surface area (Å²) in [7, 11) is 7.30. The van der Waals surface area contributed by atoms with Crippen LogP contribution in [0.3, 0.4) is 0 Å². The molecule has 1 saturated carbocycles. The third-order valence-corrected chi connectivity index (χ3v) is 10.0. The van der Waals surface area contributed by atoms with E-state index in [9.17, 15) is 14.4 Å². The predicted molar refractivity (Wildman–Crippen MR) is 180 cm³/mol. The molecule has 1 saturated heterocycles. The second kappa shape index (κ2) is 15.5. The van der Waals surface area contributed by atoms with Crippen LogP contribution in [0, 0.1) is 17.8 Å². The Morgan fingerprint density at radius 2 is 1.69 bits per heavy atom. The van der Waals surface area contributed by atoms with Crippen molar-refractivity contribution in [2.24, 2.45) is 17.8 Å². The maximum atomic E-state index is 13.7. The SMILES string of the molecule is CCOC(=O)Oc1c(OC)cc(C(=O)O[C@@H]2C[C@@H]3CN4CCc5c([nH]c6cc(OC)ccc56)[C@H]4C[C@@H]3[C@H](C(=O)OC)[C@H]2OC)cc1OC.[PbH2]. The molecule has 2 aromatic carbocycles. The van der Waals surface area contributed by atoms with Crippen molar-refractivity contribution in [2.75, 3.05) is 55.2 Å². The number of benzene rings is 2. The first-order chi connectivity index (χ1) is 23.2. The monoisotopic (exact) mass is 876 g/mol. The molecule has 3 heterocycles. The van der Waals surface area contributed by atoms with Gasteiger partial charge in [0.2, 0.25) is 5.75 Å². The standard InChI is InChI=1S/C35H42N2O11.Pb.2H/c1-7-46-35(40)48-31-26(42-3)12-18(13-27(31)43-4)33(38)47-28-14-19-17-37-11-10-22-21-9-8-20(41-2)15-24(21)36-30(22)25(37)16-23(19)29(32(28)44-5)34(39)45-6;;;/h8-9,12-13,15,19,23,25,28-29,32,36H,7,10-11,14,16-17H2,1-6H3;;;/t19-,23+,25-,28-,29+,32+;;;/m1.../s1. The van der Waals surface area contributed by atoms with Crippen molar-refractivity contribution in [1.82, 2.24) is 9.88 Å². The van der Waals surface area contributed by atoms with E-state index in [-0.39, 0.29) is 74.6 Å². The zero-order chi connectivity index (χ0) is 34.1. The Kier molecular flexibility index (Phi) is 11.6. The molecular formula is C35H44N2O11Pb. The molecule has 49 heavy (non-hydrogen) atoms. The zero-order valence-corrected chi connectivity index (χ0v) is 34.2. The van der Waals surface area contributed by atoms with Crippen LogP contribution in [0.2, 0.25) is 0 Å². The fourth-order valence-electron chi connectivity index (χ4n) is 7.89. The number of esters is 2. The van der Waals surface area contributed by atoms with Gasteiger partial charge >= 0.3 is 45.4 Å². The van der Waals surface area contributed by atoms with Gasteiger partial charge in [0.1, 0.15) is 18.0 Å². The second-order valence-electron chi connectivity index (χ2n) is 12.3. The molecule has 0 bridgehead atoms. The number of hydrogen-bond acceptors (Lipinski definition) is 12. The molecule has 1 N–H and O–H groups in total. The average Bonchev–Trinajstić information content (AvgIpc) is 3.48. The number of ether oxygens (including phenoxy) is 8. The van der Waals surface area contributed by atoms with Crippen LogP contribution in [0.25, 0.3) is 10.9 Å². The third-order valence-electron chi connectivity index (χ3n) is 10.0. The van der Waals surface area contributed by atoms with E-state index in [0.717, 1.165) is 37.2 Å². The summed E-state index contributed by atoms with van der Waals surface area (Å²) in [4.78, 5) is 45.3. The summed E-state index contributed by atoms with van der Waals surface area (Å²) in [6, 6.07) is 9.00. The van der Waals surface area contributed by atoms with E-state index >= 15 is 0 Å². The fourth-order valence-corrected chi connectivity index (χ4v) is 7.89. The summed E-state index contributed by atoms with van der Waals surface area (Å²) in [5.41, 5.74) is 3.62. The van der Waals surface area contributed by atoms with E-state index in [2.05, 4.69) is 16.0 Å². The number of carbonyl (C=O) groups is 3. The molecule has 0 spiro atoms. The van der Waals surface area contributed by atoms with Crippen LogP contribution < -0.4 is 18.9 Å². The van der Waals surface area contributed by atoms with Gasteiger partial charge in [-0.3, -0.25) is 9.69 Å². The fraction of sp³-hybridized carbons (Fsp3) is 0.514. The van der Waals surface area contributed by atoms with Crippen molar-refractivity contribution in [2.45, 2.75) is 44.4 Å². The van der Waals surface area contributed by atoms with Crippen LogP contribution >= 0.6 is 0 Å². The molecule has 6 atom stereocenters. The average molecular weight is 876 g/mol. The van der Waals surface area contributed by atoms with Crippen LogP contribution in [0.4, 0.5) is 4.79 Å². The molecule has 2 fully saturated rings. The Labute approximate surface area is 304 Å². The number of nitrogens with one attached hydrogen (secondary N) is 1. The Hall–Kier alpha value is -3.57. The number of nitrogens with zero attached hydrogens (tertiary/aromatic N) is 1. The van der Waals surface area contributed by atoms with Crippen molar-refractivity contribution < 1.29 is 52.3 Å². The van der Waals surface area contributed by atoms with Gasteiger partial charge in [0.25, 0.3) is 0 Å². The summed E-state index contributed by atoms with van der Waals surface area (Å²) in [6.45, 7) is 3.37. The van der Waals surface area contributed by atoms with Crippen molar-refractivity contribution in [3.8, 4) is 23.0 Å². The van der Waals surface area contributed by atoms with Crippen LogP contribution in [0.15, 0.2) is 30.3 Å². The molecule has 3 aliphatic rings. The zero-order valence-electron chi connectivity index (χ0n) is 28.7. The van der Waals surface area contributed by atoms with Crippen LogP contribution in [0.5, 0.6) is 23.0 Å². The molecule has 1 aliphatic carbocycles. The minimum atomic E-state index is -0.942. The first-order valence-corrected chi connectivity index (χ1v) is 16.1. The first kappa shape index (κ1) is 36.7. The number of aromatic amines is 1. The summed E-state index contributed by atoms with van der Waals surface area (Å²) < 4.78 is 43.8. The molecule has 1 aromatic heterocycles. The molecule has 6 rings (SSSR count). The van der Waals surface area contributed by atoms with Crippen LogP contribution in [-0.2, 0) is 30.2 Å². The van der Waals surface area contributed by atoms with Gasteiger partial charge in [-0.2, -0.15) is 0 Å². The Bertz CT molecular complexity index is 1670. The summed E-state index contributed by atoms with van der Waals surface area (Å²) >= 11 is 0. The molecule has 3 aromatic rings. The number of H-pyrrole nitrogens is 1. The maximum absolute atomic E-state index is 13.7. The van der Waals surface area contributed by atoms with Crippen molar-refractivity contribution in [1.29, 1.82) is 0 Å². The van der Waals surface area contributed by atoms with Crippen LogP contribution in [0.1, 0.15) is 47.4 Å². The van der Waals surface area contributed by atoms with E-state index in [1.54, 1.807) is 14.0 Å². The molecule has 13 nitrogen and oxygen atoms in total. The number of carbonyl (C=O) groups excluding carboxylic acids is 3. The number of methoxy groups -OCH3 is 5. The predicted octanol–water partition coefficient (Wildman–Crippen LogP) is 3.78. The second-order valence-corrected chi connectivity index (χ2v) is 12.3. The van der Waals surface area contributed by atoms with Gasteiger partial charge in [0.05, 0.1) is 52.6 Å². The van der Waals surface area contributed by atoms with Crippen molar-refractivity contribution >= 4 is 56.3 Å². The van der Waals surface area contributed by atoms with E-state index in [4.69, 9.17) is 37.9 Å². The van der Waals surface area contributed by atoms with E-state index in [1.807, 2.05) is 12.1 Å². The van der Waals surface area contributed by atoms with E-state index in [0.29, 0.717) is 6.42 Å².